The van der Waals surface area contributed by atoms with E-state index in [9.17, 15) is 4.79 Å². The van der Waals surface area contributed by atoms with E-state index in [2.05, 4.69) is 15.3 Å². The Balaban J connectivity index is 2.18. The van der Waals surface area contributed by atoms with Gasteiger partial charge in [-0.05, 0) is 13.0 Å². The normalized spacial score (nSPS) is 10.2. The fourth-order valence-electron chi connectivity index (χ4n) is 1.29. The molecule has 2 aromatic heterocycles. The van der Waals surface area contributed by atoms with Gasteiger partial charge >= 0.3 is 0 Å². The number of rotatable bonds is 3. The SMILES string of the molecule is COc1cc(Cl)nc(NC(=O)c2coc(C)c2)n1. The van der Waals surface area contributed by atoms with Crippen molar-refractivity contribution in [1.29, 1.82) is 0 Å². The molecule has 0 fully saturated rings. The van der Waals surface area contributed by atoms with Crippen LogP contribution >= 0.6 is 11.6 Å². The maximum atomic E-state index is 11.8. The quantitative estimate of drug-likeness (QED) is 0.864. The zero-order chi connectivity index (χ0) is 13.1. The molecular formula is C11H10ClN3O3. The van der Waals surface area contributed by atoms with Crippen molar-refractivity contribution in [2.75, 3.05) is 12.4 Å². The molecule has 0 saturated carbocycles. The fraction of sp³-hybridized carbons (Fsp3) is 0.182. The van der Waals surface area contributed by atoms with E-state index in [-0.39, 0.29) is 22.9 Å². The van der Waals surface area contributed by atoms with Gasteiger partial charge in [0, 0.05) is 6.07 Å². The van der Waals surface area contributed by atoms with Gasteiger partial charge in [-0.25, -0.2) is 4.98 Å². The topological polar surface area (TPSA) is 77.2 Å². The Morgan fingerprint density at radius 3 is 2.83 bits per heavy atom. The number of carbonyl (C=O) groups excluding carboxylic acids is 1. The molecule has 2 heterocycles. The largest absolute Gasteiger partial charge is 0.481 e. The van der Waals surface area contributed by atoms with Crippen molar-refractivity contribution in [3.05, 3.63) is 34.9 Å². The van der Waals surface area contributed by atoms with Crippen LogP contribution < -0.4 is 10.1 Å². The van der Waals surface area contributed by atoms with Gasteiger partial charge in [0.1, 0.15) is 17.2 Å². The Bertz CT molecular complexity index is 583. The lowest BCUT2D eigenvalue weighted by Gasteiger charge is -2.04. The van der Waals surface area contributed by atoms with Gasteiger partial charge < -0.3 is 9.15 Å². The molecule has 18 heavy (non-hydrogen) atoms. The Labute approximate surface area is 108 Å². The highest BCUT2D eigenvalue weighted by atomic mass is 35.5. The third kappa shape index (κ3) is 2.78. The number of hydrogen-bond acceptors (Lipinski definition) is 5. The summed E-state index contributed by atoms with van der Waals surface area (Å²) in [4.78, 5) is 19.6. The van der Waals surface area contributed by atoms with Crippen molar-refractivity contribution in [1.82, 2.24) is 9.97 Å². The molecule has 0 bridgehead atoms. The molecule has 0 aliphatic carbocycles. The highest BCUT2D eigenvalue weighted by molar-refractivity contribution is 6.29. The summed E-state index contributed by atoms with van der Waals surface area (Å²) in [6.45, 7) is 1.75. The standard InChI is InChI=1S/C11H10ClN3O3/c1-6-3-7(5-18-6)10(16)15-11-13-8(12)4-9(14-11)17-2/h3-5H,1-2H3,(H,13,14,15,16). The van der Waals surface area contributed by atoms with Gasteiger partial charge in [0.15, 0.2) is 0 Å². The number of halogens is 1. The van der Waals surface area contributed by atoms with Crippen molar-refractivity contribution in [2.24, 2.45) is 0 Å². The van der Waals surface area contributed by atoms with Crippen molar-refractivity contribution in [3.63, 3.8) is 0 Å². The summed E-state index contributed by atoms with van der Waals surface area (Å²) in [6.07, 6.45) is 1.35. The molecule has 0 unspecified atom stereocenters. The van der Waals surface area contributed by atoms with Crippen LogP contribution in [0.4, 0.5) is 5.95 Å². The lowest BCUT2D eigenvalue weighted by atomic mass is 10.3. The predicted octanol–water partition coefficient (Wildman–Crippen LogP) is 2.29. The number of aryl methyl sites for hydroxylation is 1. The zero-order valence-electron chi connectivity index (χ0n) is 9.73. The number of methoxy groups -OCH3 is 1. The molecule has 7 heteroatoms. The third-order valence-corrected chi connectivity index (χ3v) is 2.29. The molecule has 0 aliphatic heterocycles. The van der Waals surface area contributed by atoms with Gasteiger partial charge in [-0.3, -0.25) is 10.1 Å². The highest BCUT2D eigenvalue weighted by Crippen LogP contribution is 2.16. The molecule has 0 radical (unpaired) electrons. The van der Waals surface area contributed by atoms with Crippen molar-refractivity contribution in [3.8, 4) is 5.88 Å². The van der Waals surface area contributed by atoms with Crippen LogP contribution in [0.15, 0.2) is 22.8 Å². The monoisotopic (exact) mass is 267 g/mol. The second kappa shape index (κ2) is 5.05. The van der Waals surface area contributed by atoms with Crippen molar-refractivity contribution in [2.45, 2.75) is 6.92 Å². The van der Waals surface area contributed by atoms with E-state index in [0.29, 0.717) is 11.3 Å². The summed E-state index contributed by atoms with van der Waals surface area (Å²) in [5.41, 5.74) is 0.384. The number of anilines is 1. The molecule has 6 nitrogen and oxygen atoms in total. The number of amides is 1. The Hall–Kier alpha value is -2.08. The number of ether oxygens (including phenoxy) is 1. The molecule has 0 spiro atoms. The number of nitrogens with one attached hydrogen (secondary N) is 1. The number of aromatic nitrogens is 2. The predicted molar refractivity (Wildman–Crippen MR) is 65.0 cm³/mol. The molecule has 94 valence electrons. The van der Waals surface area contributed by atoms with Gasteiger partial charge in [-0.1, -0.05) is 11.6 Å². The maximum Gasteiger partial charge on any atom is 0.261 e. The summed E-state index contributed by atoms with van der Waals surface area (Å²) in [7, 11) is 1.45. The van der Waals surface area contributed by atoms with E-state index in [1.807, 2.05) is 0 Å². The summed E-state index contributed by atoms with van der Waals surface area (Å²) >= 11 is 5.76. The van der Waals surface area contributed by atoms with Gasteiger partial charge in [0.2, 0.25) is 11.8 Å². The lowest BCUT2D eigenvalue weighted by molar-refractivity contribution is 0.102. The first-order valence-electron chi connectivity index (χ1n) is 5.03. The van der Waals surface area contributed by atoms with Gasteiger partial charge in [-0.2, -0.15) is 4.98 Å². The first-order valence-corrected chi connectivity index (χ1v) is 5.41. The van der Waals surface area contributed by atoms with E-state index < -0.39 is 0 Å². The van der Waals surface area contributed by atoms with Gasteiger partial charge in [0.25, 0.3) is 5.91 Å². The van der Waals surface area contributed by atoms with Crippen molar-refractivity contribution >= 4 is 23.5 Å². The zero-order valence-corrected chi connectivity index (χ0v) is 10.5. The molecule has 2 rings (SSSR count). The Morgan fingerprint density at radius 1 is 1.44 bits per heavy atom. The third-order valence-electron chi connectivity index (χ3n) is 2.10. The number of nitrogens with zero attached hydrogens (tertiary/aromatic N) is 2. The molecule has 1 amide bonds. The lowest BCUT2D eigenvalue weighted by Crippen LogP contribution is -2.13. The molecule has 2 aromatic rings. The molecule has 0 atom stereocenters. The van der Waals surface area contributed by atoms with E-state index in [0.717, 1.165) is 0 Å². The number of hydrogen-bond donors (Lipinski definition) is 1. The first-order chi connectivity index (χ1) is 8.58. The van der Waals surface area contributed by atoms with Crippen LogP contribution in [0.25, 0.3) is 0 Å². The minimum absolute atomic E-state index is 0.0724. The molecule has 0 aromatic carbocycles. The van der Waals surface area contributed by atoms with Crippen LogP contribution in [0.1, 0.15) is 16.1 Å². The summed E-state index contributed by atoms with van der Waals surface area (Å²) in [5.74, 6) is 0.609. The number of carbonyl (C=O) groups is 1. The van der Waals surface area contributed by atoms with E-state index in [1.165, 1.54) is 19.4 Å². The number of furan rings is 1. The minimum atomic E-state index is -0.379. The average Bonchev–Trinajstić information content (AvgIpc) is 2.75. The summed E-state index contributed by atoms with van der Waals surface area (Å²) in [6, 6.07) is 3.05. The Kier molecular flexibility index (Phi) is 3.47. The van der Waals surface area contributed by atoms with E-state index in [1.54, 1.807) is 13.0 Å². The molecule has 0 aliphatic rings. The van der Waals surface area contributed by atoms with E-state index in [4.69, 9.17) is 20.8 Å². The van der Waals surface area contributed by atoms with Gasteiger partial charge in [-0.15, -0.1) is 0 Å². The van der Waals surface area contributed by atoms with Crippen LogP contribution in [-0.4, -0.2) is 23.0 Å². The van der Waals surface area contributed by atoms with Gasteiger partial charge in [0.05, 0.1) is 12.7 Å². The van der Waals surface area contributed by atoms with Crippen molar-refractivity contribution < 1.29 is 13.9 Å². The average molecular weight is 268 g/mol. The minimum Gasteiger partial charge on any atom is -0.481 e. The van der Waals surface area contributed by atoms with Crippen LogP contribution in [0.3, 0.4) is 0 Å². The fourth-order valence-corrected chi connectivity index (χ4v) is 1.47. The molecular weight excluding hydrogens is 258 g/mol. The summed E-state index contributed by atoms with van der Waals surface area (Å²) in [5, 5.41) is 2.68. The summed E-state index contributed by atoms with van der Waals surface area (Å²) < 4.78 is 9.96. The Morgan fingerprint density at radius 2 is 2.22 bits per heavy atom. The first kappa shape index (κ1) is 12.4. The maximum absolute atomic E-state index is 11.8. The molecule has 0 saturated heterocycles. The van der Waals surface area contributed by atoms with Crippen LogP contribution in [0.2, 0.25) is 5.15 Å². The van der Waals surface area contributed by atoms with Crippen LogP contribution in [-0.2, 0) is 0 Å². The second-order valence-corrected chi connectivity index (χ2v) is 3.84. The smallest absolute Gasteiger partial charge is 0.261 e. The second-order valence-electron chi connectivity index (χ2n) is 3.46. The molecule has 1 N–H and O–H groups in total. The van der Waals surface area contributed by atoms with Crippen LogP contribution in [0.5, 0.6) is 5.88 Å². The highest BCUT2D eigenvalue weighted by Gasteiger charge is 2.11. The van der Waals surface area contributed by atoms with E-state index >= 15 is 0 Å². The van der Waals surface area contributed by atoms with Crippen LogP contribution in [0, 0.1) is 6.92 Å².